The molecule has 0 radical (unpaired) electrons. The van der Waals surface area contributed by atoms with Crippen LogP contribution in [0.1, 0.15) is 37.7 Å². The predicted molar refractivity (Wildman–Crippen MR) is 46.7 cm³/mol. The Kier molecular flexibility index (Phi) is 2.32. The first-order valence-electron chi connectivity index (χ1n) is 4.16. The minimum atomic E-state index is 0.580. The molecule has 62 valence electrons. The Bertz CT molecular complexity index is 238. The van der Waals surface area contributed by atoms with Crippen LogP contribution in [0.5, 0.6) is 0 Å². The molecule has 0 N–H and O–H groups in total. The summed E-state index contributed by atoms with van der Waals surface area (Å²) in [4.78, 5) is 4.25. The summed E-state index contributed by atoms with van der Waals surface area (Å²) in [7, 11) is 0. The van der Waals surface area contributed by atoms with Gasteiger partial charge in [0.1, 0.15) is 0 Å². The van der Waals surface area contributed by atoms with Gasteiger partial charge in [0.05, 0.1) is 12.0 Å². The molecule has 0 aliphatic rings. The minimum Gasteiger partial charge on any atom is -0.332 e. The molecule has 0 fully saturated rings. The maximum absolute atomic E-state index is 4.25. The quantitative estimate of drug-likeness (QED) is 0.636. The lowest BCUT2D eigenvalue weighted by atomic mass is 10.2. The standard InChI is InChI=1S/C9H16N2/c1-5-7(2)11-6-10-8(3)9(11)4/h6-7H,5H2,1-4H3. The first-order chi connectivity index (χ1) is 5.16. The normalized spacial score (nSPS) is 13.5. The second-order valence-corrected chi connectivity index (χ2v) is 3.08. The summed E-state index contributed by atoms with van der Waals surface area (Å²) in [5, 5.41) is 0. The molecule has 1 aromatic rings. The first-order valence-corrected chi connectivity index (χ1v) is 4.16. The third kappa shape index (κ3) is 1.44. The lowest BCUT2D eigenvalue weighted by Crippen LogP contribution is -2.04. The number of hydrogen-bond donors (Lipinski definition) is 0. The van der Waals surface area contributed by atoms with Crippen molar-refractivity contribution in [2.75, 3.05) is 0 Å². The Labute approximate surface area is 68.3 Å². The zero-order valence-corrected chi connectivity index (χ0v) is 7.76. The molecule has 0 saturated carbocycles. The largest absolute Gasteiger partial charge is 0.332 e. The van der Waals surface area contributed by atoms with Gasteiger partial charge < -0.3 is 4.57 Å². The highest BCUT2D eigenvalue weighted by Crippen LogP contribution is 2.14. The van der Waals surface area contributed by atoms with Gasteiger partial charge in [-0.2, -0.15) is 0 Å². The van der Waals surface area contributed by atoms with Crippen LogP contribution in [0.15, 0.2) is 6.33 Å². The van der Waals surface area contributed by atoms with Crippen LogP contribution in [0, 0.1) is 13.8 Å². The van der Waals surface area contributed by atoms with Crippen molar-refractivity contribution in [1.82, 2.24) is 9.55 Å². The van der Waals surface area contributed by atoms with Crippen LogP contribution in [0.4, 0.5) is 0 Å². The molecule has 0 aliphatic carbocycles. The van der Waals surface area contributed by atoms with Crippen LogP contribution in [0.25, 0.3) is 0 Å². The van der Waals surface area contributed by atoms with E-state index < -0.39 is 0 Å². The molecule has 1 atom stereocenters. The van der Waals surface area contributed by atoms with E-state index >= 15 is 0 Å². The Balaban J connectivity index is 2.94. The van der Waals surface area contributed by atoms with Crippen molar-refractivity contribution in [2.45, 2.75) is 40.2 Å². The molecule has 1 rings (SSSR count). The van der Waals surface area contributed by atoms with Crippen LogP contribution in [-0.4, -0.2) is 9.55 Å². The monoisotopic (exact) mass is 152 g/mol. The van der Waals surface area contributed by atoms with Crippen molar-refractivity contribution >= 4 is 0 Å². The van der Waals surface area contributed by atoms with Crippen LogP contribution in [0.2, 0.25) is 0 Å². The topological polar surface area (TPSA) is 17.8 Å². The van der Waals surface area contributed by atoms with Gasteiger partial charge >= 0.3 is 0 Å². The molecule has 0 spiro atoms. The van der Waals surface area contributed by atoms with Crippen molar-refractivity contribution in [3.8, 4) is 0 Å². The fraction of sp³-hybridized carbons (Fsp3) is 0.667. The molecule has 0 saturated heterocycles. The summed E-state index contributed by atoms with van der Waals surface area (Å²) in [6, 6.07) is 0.580. The van der Waals surface area contributed by atoms with Crippen LogP contribution < -0.4 is 0 Å². The van der Waals surface area contributed by atoms with E-state index in [0.717, 1.165) is 12.1 Å². The number of imidazole rings is 1. The summed E-state index contributed by atoms with van der Waals surface area (Å²) in [5.41, 5.74) is 2.43. The summed E-state index contributed by atoms with van der Waals surface area (Å²) < 4.78 is 2.23. The van der Waals surface area contributed by atoms with Gasteiger partial charge in [0, 0.05) is 11.7 Å². The second kappa shape index (κ2) is 3.07. The molecule has 1 aromatic heterocycles. The van der Waals surface area contributed by atoms with Gasteiger partial charge in [-0.1, -0.05) is 6.92 Å². The zero-order valence-electron chi connectivity index (χ0n) is 7.76. The molecule has 2 heteroatoms. The lowest BCUT2D eigenvalue weighted by Gasteiger charge is -2.12. The fourth-order valence-corrected chi connectivity index (χ4v) is 1.16. The molecule has 0 bridgehead atoms. The van der Waals surface area contributed by atoms with Crippen LogP contribution >= 0.6 is 0 Å². The fourth-order valence-electron chi connectivity index (χ4n) is 1.16. The van der Waals surface area contributed by atoms with Gasteiger partial charge in [-0.25, -0.2) is 4.98 Å². The van der Waals surface area contributed by atoms with Crippen molar-refractivity contribution in [1.29, 1.82) is 0 Å². The first kappa shape index (κ1) is 8.31. The molecular formula is C9H16N2. The molecular weight excluding hydrogens is 136 g/mol. The lowest BCUT2D eigenvalue weighted by molar-refractivity contribution is 0.519. The summed E-state index contributed by atoms with van der Waals surface area (Å²) in [6.45, 7) is 8.58. The second-order valence-electron chi connectivity index (χ2n) is 3.08. The molecule has 0 aliphatic heterocycles. The van der Waals surface area contributed by atoms with Gasteiger partial charge in [-0.05, 0) is 27.2 Å². The van der Waals surface area contributed by atoms with Gasteiger partial charge in [-0.15, -0.1) is 0 Å². The Morgan fingerprint density at radius 1 is 1.55 bits per heavy atom. The maximum Gasteiger partial charge on any atom is 0.0953 e. The number of rotatable bonds is 2. The molecule has 1 heterocycles. The Morgan fingerprint density at radius 3 is 2.55 bits per heavy atom. The Morgan fingerprint density at radius 2 is 2.18 bits per heavy atom. The summed E-state index contributed by atoms with van der Waals surface area (Å²) in [5.74, 6) is 0. The molecule has 0 amide bonds. The minimum absolute atomic E-state index is 0.580. The van der Waals surface area contributed by atoms with E-state index in [1.807, 2.05) is 13.3 Å². The van der Waals surface area contributed by atoms with E-state index in [9.17, 15) is 0 Å². The van der Waals surface area contributed by atoms with E-state index in [-0.39, 0.29) is 0 Å². The van der Waals surface area contributed by atoms with Crippen LogP contribution in [-0.2, 0) is 0 Å². The molecule has 11 heavy (non-hydrogen) atoms. The predicted octanol–water partition coefficient (Wildman–Crippen LogP) is 2.47. The SMILES string of the molecule is CCC(C)n1cnc(C)c1C. The van der Waals surface area contributed by atoms with Gasteiger partial charge in [0.15, 0.2) is 0 Å². The number of nitrogens with zero attached hydrogens (tertiary/aromatic N) is 2. The van der Waals surface area contributed by atoms with Gasteiger partial charge in [-0.3, -0.25) is 0 Å². The molecule has 2 nitrogen and oxygen atoms in total. The summed E-state index contributed by atoms with van der Waals surface area (Å²) >= 11 is 0. The van der Waals surface area contributed by atoms with Crippen molar-refractivity contribution in [2.24, 2.45) is 0 Å². The number of hydrogen-bond acceptors (Lipinski definition) is 1. The Hall–Kier alpha value is -0.790. The third-order valence-corrected chi connectivity index (χ3v) is 2.35. The highest BCUT2D eigenvalue weighted by atomic mass is 15.1. The van der Waals surface area contributed by atoms with Crippen molar-refractivity contribution in [3.63, 3.8) is 0 Å². The third-order valence-electron chi connectivity index (χ3n) is 2.35. The average Bonchev–Trinajstić information content (AvgIpc) is 2.32. The van der Waals surface area contributed by atoms with Crippen molar-refractivity contribution < 1.29 is 0 Å². The van der Waals surface area contributed by atoms with E-state index in [1.165, 1.54) is 5.69 Å². The average molecular weight is 152 g/mol. The highest BCUT2D eigenvalue weighted by Gasteiger charge is 2.06. The smallest absolute Gasteiger partial charge is 0.0953 e. The molecule has 1 unspecified atom stereocenters. The van der Waals surface area contributed by atoms with Gasteiger partial charge in [0.2, 0.25) is 0 Å². The van der Waals surface area contributed by atoms with E-state index in [4.69, 9.17) is 0 Å². The van der Waals surface area contributed by atoms with Crippen LogP contribution in [0.3, 0.4) is 0 Å². The van der Waals surface area contributed by atoms with E-state index in [2.05, 4.69) is 30.3 Å². The van der Waals surface area contributed by atoms with Crippen molar-refractivity contribution in [3.05, 3.63) is 17.7 Å². The highest BCUT2D eigenvalue weighted by molar-refractivity contribution is 5.09. The number of aryl methyl sites for hydroxylation is 1. The maximum atomic E-state index is 4.25. The summed E-state index contributed by atoms with van der Waals surface area (Å²) in [6.07, 6.45) is 3.09. The molecule has 0 aromatic carbocycles. The van der Waals surface area contributed by atoms with Gasteiger partial charge in [0.25, 0.3) is 0 Å². The van der Waals surface area contributed by atoms with E-state index in [1.54, 1.807) is 0 Å². The zero-order chi connectivity index (χ0) is 8.43. The van der Waals surface area contributed by atoms with E-state index in [0.29, 0.717) is 6.04 Å². The number of aromatic nitrogens is 2.